The molecule has 0 N–H and O–H groups in total. The van der Waals surface area contributed by atoms with Crippen molar-refractivity contribution in [3.63, 3.8) is 0 Å². The van der Waals surface area contributed by atoms with Gasteiger partial charge in [-0.15, -0.1) is 0 Å². The smallest absolute Gasteiger partial charge is 0.0130 e. The monoisotopic (exact) mass is 665 g/mol. The molecule has 0 heterocycles. The Labute approximate surface area is 299 Å². The first-order chi connectivity index (χ1) is 22.7. The normalized spacial score (nSPS) is 48.7. The van der Waals surface area contributed by atoms with Gasteiger partial charge in [0.05, 0.1) is 0 Å². The average molecular weight is 665 g/mol. The van der Waals surface area contributed by atoms with Crippen molar-refractivity contribution in [1.29, 1.82) is 0 Å². The Balaban J connectivity index is 1.04. The molecule has 47 heavy (non-hydrogen) atoms. The van der Waals surface area contributed by atoms with Gasteiger partial charge in [-0.05, 0) is 190 Å². The number of hydrogen-bond donors (Lipinski definition) is 1. The highest BCUT2D eigenvalue weighted by Crippen LogP contribution is 2.64. The van der Waals surface area contributed by atoms with E-state index in [1.807, 2.05) is 0 Å². The van der Waals surface area contributed by atoms with Crippen LogP contribution in [0, 0.1) is 101 Å². The van der Waals surface area contributed by atoms with Crippen molar-refractivity contribution in [2.45, 2.75) is 188 Å². The fraction of sp³-hybridized carbons (Fsp3) is 1.00. The van der Waals surface area contributed by atoms with Crippen molar-refractivity contribution in [1.82, 2.24) is 0 Å². The minimum Gasteiger partial charge on any atom is -0.173 e. The summed E-state index contributed by atoms with van der Waals surface area (Å²) in [6, 6.07) is 0. The lowest BCUT2D eigenvalue weighted by atomic mass is 9.45. The molecule has 0 aromatic carbocycles. The summed E-state index contributed by atoms with van der Waals surface area (Å²) in [6.07, 6.45) is 33.7. The summed E-state index contributed by atoms with van der Waals surface area (Å²) in [6.45, 7) is 15.1. The van der Waals surface area contributed by atoms with Gasteiger partial charge < -0.3 is 0 Å². The molecular formula is C46H80S. The Kier molecular flexibility index (Phi) is 11.5. The molecule has 7 fully saturated rings. The Bertz CT molecular complexity index is 995. The molecule has 7 aliphatic carbocycles. The third-order valence-electron chi connectivity index (χ3n) is 18.3. The van der Waals surface area contributed by atoms with Crippen molar-refractivity contribution < 1.29 is 0 Å². The van der Waals surface area contributed by atoms with E-state index >= 15 is 0 Å². The molecule has 7 aliphatic rings. The van der Waals surface area contributed by atoms with Crippen LogP contribution in [0.15, 0.2) is 0 Å². The molecule has 7 rings (SSSR count). The van der Waals surface area contributed by atoms with Crippen LogP contribution in [0.3, 0.4) is 0 Å². The largest absolute Gasteiger partial charge is 0.173 e. The minimum atomic E-state index is 0.203. The van der Waals surface area contributed by atoms with Gasteiger partial charge in [0, 0.05) is 4.75 Å². The molecule has 1 heteroatoms. The summed E-state index contributed by atoms with van der Waals surface area (Å²) in [5, 5.41) is 0. The SMILES string of the molecule is CCCC(C)C1CCC(CC2CCC3C(CC(CCC)C4CCC5CC6CCCC4C65)CCC4CCC(C)C2C43)CC1C(C)(S)CC. The molecule has 0 aromatic heterocycles. The van der Waals surface area contributed by atoms with E-state index in [9.17, 15) is 0 Å². The van der Waals surface area contributed by atoms with E-state index in [-0.39, 0.29) is 4.75 Å². The maximum atomic E-state index is 5.41. The van der Waals surface area contributed by atoms with Gasteiger partial charge in [-0.3, -0.25) is 0 Å². The molecule has 7 saturated carbocycles. The fourth-order valence-corrected chi connectivity index (χ4v) is 16.4. The zero-order valence-corrected chi connectivity index (χ0v) is 33.2. The van der Waals surface area contributed by atoms with Crippen molar-refractivity contribution in [3.05, 3.63) is 0 Å². The molecule has 18 atom stereocenters. The van der Waals surface area contributed by atoms with Crippen LogP contribution < -0.4 is 0 Å². The van der Waals surface area contributed by atoms with Crippen LogP contribution in [0.25, 0.3) is 0 Å². The van der Waals surface area contributed by atoms with Crippen molar-refractivity contribution >= 4 is 12.6 Å². The first kappa shape index (κ1) is 35.7. The van der Waals surface area contributed by atoms with Gasteiger partial charge in [0.2, 0.25) is 0 Å². The Morgan fingerprint density at radius 3 is 2.17 bits per heavy atom. The second-order valence-corrected chi connectivity index (χ2v) is 21.4. The lowest BCUT2D eigenvalue weighted by Crippen LogP contribution is -2.52. The quantitative estimate of drug-likeness (QED) is 0.197. The van der Waals surface area contributed by atoms with Gasteiger partial charge in [0.1, 0.15) is 0 Å². The zero-order valence-electron chi connectivity index (χ0n) is 32.3. The topological polar surface area (TPSA) is 0 Å². The van der Waals surface area contributed by atoms with Gasteiger partial charge in [0.25, 0.3) is 0 Å². The van der Waals surface area contributed by atoms with Gasteiger partial charge in [-0.2, -0.15) is 12.6 Å². The van der Waals surface area contributed by atoms with E-state index in [1.54, 1.807) is 96.3 Å². The van der Waals surface area contributed by atoms with Gasteiger partial charge in [-0.25, -0.2) is 0 Å². The minimum absolute atomic E-state index is 0.203. The molecule has 0 aliphatic heterocycles. The zero-order chi connectivity index (χ0) is 32.9. The maximum absolute atomic E-state index is 5.41. The highest BCUT2D eigenvalue weighted by atomic mass is 32.1. The molecule has 0 amide bonds. The van der Waals surface area contributed by atoms with Gasteiger partial charge in [0.15, 0.2) is 0 Å². The highest BCUT2D eigenvalue weighted by Gasteiger charge is 2.55. The predicted molar refractivity (Wildman–Crippen MR) is 207 cm³/mol. The van der Waals surface area contributed by atoms with Crippen molar-refractivity contribution in [3.8, 4) is 0 Å². The summed E-state index contributed by atoms with van der Waals surface area (Å²) in [5.74, 6) is 17.6. The molecule has 0 spiro atoms. The molecular weight excluding hydrogens is 585 g/mol. The molecule has 0 saturated heterocycles. The second-order valence-electron chi connectivity index (χ2n) is 20.4. The number of hydrogen-bond acceptors (Lipinski definition) is 1. The summed E-state index contributed by atoms with van der Waals surface area (Å²) < 4.78 is 0.203. The van der Waals surface area contributed by atoms with Crippen LogP contribution in [-0.4, -0.2) is 4.75 Å². The van der Waals surface area contributed by atoms with Crippen molar-refractivity contribution in [2.75, 3.05) is 0 Å². The molecule has 0 aromatic rings. The van der Waals surface area contributed by atoms with Crippen LogP contribution in [0.2, 0.25) is 0 Å². The van der Waals surface area contributed by atoms with Crippen LogP contribution in [0.4, 0.5) is 0 Å². The van der Waals surface area contributed by atoms with Crippen LogP contribution >= 0.6 is 12.6 Å². The molecule has 0 bridgehead atoms. The van der Waals surface area contributed by atoms with Gasteiger partial charge in [-0.1, -0.05) is 92.9 Å². The van der Waals surface area contributed by atoms with Crippen LogP contribution in [-0.2, 0) is 0 Å². The van der Waals surface area contributed by atoms with Crippen LogP contribution in [0.1, 0.15) is 183 Å². The lowest BCUT2D eigenvalue weighted by molar-refractivity contribution is -0.109. The molecule has 0 nitrogen and oxygen atoms in total. The number of thiol groups is 1. The standard InChI is InChI=1S/C46H80S/c1-7-11-29(4)38-22-16-31(26-42(38)46(6,47)9-3)25-36-21-24-40-34(19-18-32-17-15-30(5)43(36)45(32)40)27-33(12-8-2)39-23-20-37-28-35-13-10-14-41(39)44(35)37/h29-45,47H,7-28H2,1-6H3. The van der Waals surface area contributed by atoms with Gasteiger partial charge >= 0.3 is 0 Å². The van der Waals surface area contributed by atoms with E-state index < -0.39 is 0 Å². The Morgan fingerprint density at radius 2 is 1.38 bits per heavy atom. The van der Waals surface area contributed by atoms with E-state index in [0.717, 1.165) is 94.7 Å². The summed E-state index contributed by atoms with van der Waals surface area (Å²) >= 11 is 5.41. The summed E-state index contributed by atoms with van der Waals surface area (Å²) in [7, 11) is 0. The number of rotatable bonds is 12. The van der Waals surface area contributed by atoms with Crippen LogP contribution in [0.5, 0.6) is 0 Å². The molecule has 270 valence electrons. The fourth-order valence-electron chi connectivity index (χ4n) is 16.1. The average Bonchev–Trinajstić information content (AvgIpc) is 3.06. The lowest BCUT2D eigenvalue weighted by Gasteiger charge is -2.60. The third kappa shape index (κ3) is 6.97. The summed E-state index contributed by atoms with van der Waals surface area (Å²) in [5.41, 5.74) is 0. The third-order valence-corrected chi connectivity index (χ3v) is 18.9. The predicted octanol–water partition coefficient (Wildman–Crippen LogP) is 13.9. The Morgan fingerprint density at radius 1 is 0.660 bits per heavy atom. The van der Waals surface area contributed by atoms with E-state index in [4.69, 9.17) is 12.6 Å². The molecule has 0 radical (unpaired) electrons. The van der Waals surface area contributed by atoms with E-state index in [1.165, 1.54) is 50.9 Å². The van der Waals surface area contributed by atoms with E-state index in [0.29, 0.717) is 0 Å². The van der Waals surface area contributed by atoms with E-state index in [2.05, 4.69) is 41.5 Å². The van der Waals surface area contributed by atoms with Crippen molar-refractivity contribution in [2.24, 2.45) is 101 Å². The first-order valence-corrected chi connectivity index (χ1v) is 22.9. The highest BCUT2D eigenvalue weighted by molar-refractivity contribution is 7.81. The maximum Gasteiger partial charge on any atom is 0.0130 e. The first-order valence-electron chi connectivity index (χ1n) is 22.5. The Hall–Kier alpha value is 0.350. The second kappa shape index (κ2) is 15.1. The molecule has 18 unspecified atom stereocenters. The summed E-state index contributed by atoms with van der Waals surface area (Å²) in [4.78, 5) is 0.